The van der Waals surface area contributed by atoms with E-state index in [-0.39, 0.29) is 6.09 Å². The Morgan fingerprint density at radius 1 is 1.44 bits per heavy atom. The molecule has 0 unspecified atom stereocenters. The Kier molecular flexibility index (Phi) is 3.71. The molecule has 0 saturated carbocycles. The molecule has 0 aliphatic carbocycles. The number of amides is 1. The van der Waals surface area contributed by atoms with Gasteiger partial charge in [0.1, 0.15) is 5.82 Å². The van der Waals surface area contributed by atoms with Crippen LogP contribution in [0.1, 0.15) is 12.2 Å². The fourth-order valence-corrected chi connectivity index (χ4v) is 1.71. The maximum Gasteiger partial charge on any atom is 0.409 e. The Hall–Kier alpha value is -1.17. The molecule has 0 spiro atoms. The average Bonchev–Trinajstić information content (AvgIpc) is 2.30. The van der Waals surface area contributed by atoms with E-state index in [1.165, 1.54) is 0 Å². The van der Waals surface area contributed by atoms with Crippen LogP contribution in [-0.2, 0) is 11.2 Å². The minimum Gasteiger partial charge on any atom is -0.449 e. The summed E-state index contributed by atoms with van der Waals surface area (Å²) in [5.41, 5.74) is 0. The number of carbonyl (C=O) groups is 1. The summed E-state index contributed by atoms with van der Waals surface area (Å²) >= 11 is 3.27. The molecule has 1 aliphatic rings. The molecule has 1 fully saturated rings. The first-order valence-corrected chi connectivity index (χ1v) is 5.93. The monoisotopic (exact) mass is 285 g/mol. The molecule has 5 nitrogen and oxygen atoms in total. The van der Waals surface area contributed by atoms with E-state index in [1.54, 1.807) is 17.3 Å². The van der Waals surface area contributed by atoms with Crippen molar-refractivity contribution in [2.45, 2.75) is 12.8 Å². The number of ether oxygens (including phenoxy) is 1. The molecular formula is C10H12BrN3O2. The number of cyclic esters (lactones) is 1. The lowest BCUT2D eigenvalue weighted by molar-refractivity contribution is 0.0733. The lowest BCUT2D eigenvalue weighted by atomic mass is 10.3. The summed E-state index contributed by atoms with van der Waals surface area (Å²) in [5.74, 6) is 0.738. The van der Waals surface area contributed by atoms with Crippen LogP contribution in [0.25, 0.3) is 0 Å². The molecular weight excluding hydrogens is 274 g/mol. The molecule has 1 amide bonds. The summed E-state index contributed by atoms with van der Waals surface area (Å²) in [4.78, 5) is 21.3. The molecule has 6 heteroatoms. The average molecular weight is 286 g/mol. The van der Waals surface area contributed by atoms with Crippen LogP contribution in [0.4, 0.5) is 4.79 Å². The highest BCUT2D eigenvalue weighted by Crippen LogP contribution is 2.07. The summed E-state index contributed by atoms with van der Waals surface area (Å²) in [6.45, 7) is 1.90. The van der Waals surface area contributed by atoms with Crippen LogP contribution >= 0.6 is 15.9 Å². The zero-order valence-electron chi connectivity index (χ0n) is 8.73. The Morgan fingerprint density at radius 2 is 2.19 bits per heavy atom. The van der Waals surface area contributed by atoms with Gasteiger partial charge in [-0.05, 0) is 22.4 Å². The van der Waals surface area contributed by atoms with Gasteiger partial charge in [0.25, 0.3) is 0 Å². The van der Waals surface area contributed by atoms with Gasteiger partial charge in [-0.25, -0.2) is 14.8 Å². The number of aromatic nitrogens is 2. The smallest absolute Gasteiger partial charge is 0.409 e. The van der Waals surface area contributed by atoms with Gasteiger partial charge >= 0.3 is 6.09 Å². The Balaban J connectivity index is 1.86. The Morgan fingerprint density at radius 3 is 2.88 bits per heavy atom. The van der Waals surface area contributed by atoms with Crippen molar-refractivity contribution < 1.29 is 9.53 Å². The highest BCUT2D eigenvalue weighted by molar-refractivity contribution is 9.10. The van der Waals surface area contributed by atoms with Crippen molar-refractivity contribution in [1.29, 1.82) is 0 Å². The summed E-state index contributed by atoms with van der Waals surface area (Å²) in [6.07, 6.45) is 4.73. The first-order valence-electron chi connectivity index (χ1n) is 5.14. The topological polar surface area (TPSA) is 55.3 Å². The zero-order chi connectivity index (χ0) is 11.4. The van der Waals surface area contributed by atoms with Crippen molar-refractivity contribution in [2.24, 2.45) is 0 Å². The molecule has 2 heterocycles. The number of hydrogen-bond donors (Lipinski definition) is 0. The van der Waals surface area contributed by atoms with Crippen LogP contribution in [0.5, 0.6) is 0 Å². The minimum atomic E-state index is -0.233. The normalized spacial score (nSPS) is 16.1. The van der Waals surface area contributed by atoms with E-state index in [2.05, 4.69) is 25.9 Å². The highest BCUT2D eigenvalue weighted by Gasteiger charge is 2.19. The summed E-state index contributed by atoms with van der Waals surface area (Å²) in [6, 6.07) is 0. The quantitative estimate of drug-likeness (QED) is 0.847. The minimum absolute atomic E-state index is 0.233. The molecule has 16 heavy (non-hydrogen) atoms. The molecule has 0 N–H and O–H groups in total. The SMILES string of the molecule is O=C1OCCCN1CCc1ncc(Br)cn1. The molecule has 0 bridgehead atoms. The maximum absolute atomic E-state index is 11.3. The van der Waals surface area contributed by atoms with Gasteiger partial charge in [-0.1, -0.05) is 0 Å². The lowest BCUT2D eigenvalue weighted by Crippen LogP contribution is -2.39. The van der Waals surface area contributed by atoms with Crippen molar-refractivity contribution >= 4 is 22.0 Å². The Bertz CT molecular complexity index is 369. The Labute approximate surface area is 102 Å². The van der Waals surface area contributed by atoms with E-state index in [4.69, 9.17) is 4.74 Å². The van der Waals surface area contributed by atoms with Crippen LogP contribution in [0, 0.1) is 0 Å². The predicted octanol–water partition coefficient (Wildman–Crippen LogP) is 1.62. The van der Waals surface area contributed by atoms with E-state index in [1.807, 2.05) is 0 Å². The van der Waals surface area contributed by atoms with E-state index in [9.17, 15) is 4.79 Å². The number of hydrogen-bond acceptors (Lipinski definition) is 4. The summed E-state index contributed by atoms with van der Waals surface area (Å²) in [5, 5.41) is 0. The second-order valence-electron chi connectivity index (χ2n) is 3.52. The summed E-state index contributed by atoms with van der Waals surface area (Å²) in [7, 11) is 0. The summed E-state index contributed by atoms with van der Waals surface area (Å²) < 4.78 is 5.79. The van der Waals surface area contributed by atoms with Crippen LogP contribution < -0.4 is 0 Å². The molecule has 86 valence electrons. The molecule has 2 rings (SSSR count). The fraction of sp³-hybridized carbons (Fsp3) is 0.500. The zero-order valence-corrected chi connectivity index (χ0v) is 10.3. The molecule has 0 atom stereocenters. The van der Waals surface area contributed by atoms with Crippen molar-refractivity contribution in [3.63, 3.8) is 0 Å². The molecule has 0 radical (unpaired) electrons. The second-order valence-corrected chi connectivity index (χ2v) is 4.44. The van der Waals surface area contributed by atoms with E-state index >= 15 is 0 Å². The van der Waals surface area contributed by atoms with Gasteiger partial charge in [0.05, 0.1) is 11.1 Å². The van der Waals surface area contributed by atoms with Gasteiger partial charge in [-0.15, -0.1) is 0 Å². The highest BCUT2D eigenvalue weighted by atomic mass is 79.9. The molecule has 1 aliphatic heterocycles. The molecule has 1 saturated heterocycles. The molecule has 0 aromatic carbocycles. The van der Waals surface area contributed by atoms with Crippen molar-refractivity contribution in [3.05, 3.63) is 22.7 Å². The van der Waals surface area contributed by atoms with Crippen LogP contribution in [0.3, 0.4) is 0 Å². The number of carbonyl (C=O) groups excluding carboxylic acids is 1. The number of halogens is 1. The van der Waals surface area contributed by atoms with Crippen molar-refractivity contribution in [2.75, 3.05) is 19.7 Å². The standard InChI is InChI=1S/C10H12BrN3O2/c11-8-6-12-9(13-7-8)2-4-14-3-1-5-16-10(14)15/h6-7H,1-5H2. The van der Waals surface area contributed by atoms with Crippen molar-refractivity contribution in [1.82, 2.24) is 14.9 Å². The molecule has 1 aromatic rings. The van der Waals surface area contributed by atoms with E-state index in [0.29, 0.717) is 19.6 Å². The van der Waals surface area contributed by atoms with Gasteiger partial charge in [-0.2, -0.15) is 0 Å². The first kappa shape index (κ1) is 11.3. The van der Waals surface area contributed by atoms with Gasteiger partial charge in [-0.3, -0.25) is 0 Å². The first-order chi connectivity index (χ1) is 7.75. The van der Waals surface area contributed by atoms with Crippen LogP contribution in [-0.4, -0.2) is 40.7 Å². The fourth-order valence-electron chi connectivity index (χ4n) is 1.50. The van der Waals surface area contributed by atoms with Gasteiger partial charge < -0.3 is 9.64 Å². The number of nitrogens with zero attached hydrogens (tertiary/aromatic N) is 3. The van der Waals surface area contributed by atoms with Gasteiger partial charge in [0.15, 0.2) is 0 Å². The van der Waals surface area contributed by atoms with Crippen molar-refractivity contribution in [3.8, 4) is 0 Å². The third kappa shape index (κ3) is 2.91. The maximum atomic E-state index is 11.3. The van der Waals surface area contributed by atoms with Gasteiger partial charge in [0.2, 0.25) is 0 Å². The predicted molar refractivity (Wildman–Crippen MR) is 61.0 cm³/mol. The second kappa shape index (κ2) is 5.25. The van der Waals surface area contributed by atoms with Crippen LogP contribution in [0.2, 0.25) is 0 Å². The van der Waals surface area contributed by atoms with E-state index in [0.717, 1.165) is 23.3 Å². The van der Waals surface area contributed by atoms with Gasteiger partial charge in [0, 0.05) is 31.9 Å². The number of rotatable bonds is 3. The largest absolute Gasteiger partial charge is 0.449 e. The molecule has 1 aromatic heterocycles. The van der Waals surface area contributed by atoms with E-state index < -0.39 is 0 Å². The van der Waals surface area contributed by atoms with Crippen LogP contribution in [0.15, 0.2) is 16.9 Å². The third-order valence-electron chi connectivity index (χ3n) is 2.34. The lowest BCUT2D eigenvalue weighted by Gasteiger charge is -2.25. The third-order valence-corrected chi connectivity index (χ3v) is 2.74.